The summed E-state index contributed by atoms with van der Waals surface area (Å²) in [5.74, 6) is -0.0857. The number of carbonyl (C=O) groups is 1. The highest BCUT2D eigenvalue weighted by Crippen LogP contribution is 2.12. The molecule has 0 heterocycles. The highest BCUT2D eigenvalue weighted by atomic mass is 16.3. The molecule has 2 unspecified atom stereocenters. The van der Waals surface area contributed by atoms with Crippen LogP contribution in [0.4, 0.5) is 0 Å². The molecule has 0 aliphatic heterocycles. The van der Waals surface area contributed by atoms with Gasteiger partial charge in [-0.2, -0.15) is 0 Å². The molecular weight excluding hydrogens is 482 g/mol. The maximum absolute atomic E-state index is 12.2. The highest BCUT2D eigenvalue weighted by Gasteiger charge is 2.17. The summed E-state index contributed by atoms with van der Waals surface area (Å²) in [6.45, 7) is 4.17. The van der Waals surface area contributed by atoms with Crippen molar-refractivity contribution in [2.45, 2.75) is 161 Å². The van der Waals surface area contributed by atoms with Crippen molar-refractivity contribution in [3.63, 3.8) is 0 Å². The third kappa shape index (κ3) is 27.7. The number of unbranched alkanes of at least 4 members (excludes halogenated alkanes) is 15. The molecule has 0 aromatic carbocycles. The number of rotatable bonds is 28. The van der Waals surface area contributed by atoms with Gasteiger partial charge < -0.3 is 15.5 Å². The maximum Gasteiger partial charge on any atom is 0.220 e. The smallest absolute Gasteiger partial charge is 0.220 e. The fraction of sp³-hybridized carbons (Fsp3) is 0.743. The van der Waals surface area contributed by atoms with Gasteiger partial charge in [-0.1, -0.05) is 133 Å². The average molecular weight is 546 g/mol. The van der Waals surface area contributed by atoms with Gasteiger partial charge in [-0.05, 0) is 57.8 Å². The fourth-order valence-electron chi connectivity index (χ4n) is 4.44. The van der Waals surface area contributed by atoms with Crippen LogP contribution >= 0.6 is 0 Å². The lowest BCUT2D eigenvalue weighted by molar-refractivity contribution is -0.123. The molecule has 226 valence electrons. The van der Waals surface area contributed by atoms with Crippen molar-refractivity contribution in [2.75, 3.05) is 6.61 Å². The zero-order chi connectivity index (χ0) is 28.7. The number of hydrogen-bond acceptors (Lipinski definition) is 3. The van der Waals surface area contributed by atoms with Gasteiger partial charge in [0.2, 0.25) is 5.91 Å². The lowest BCUT2D eigenvalue weighted by Gasteiger charge is -2.19. The normalized spacial score (nSPS) is 13.8. The Morgan fingerprint density at radius 1 is 0.615 bits per heavy atom. The van der Waals surface area contributed by atoms with Gasteiger partial charge in [-0.3, -0.25) is 4.79 Å². The van der Waals surface area contributed by atoms with Gasteiger partial charge in [0.25, 0.3) is 0 Å². The van der Waals surface area contributed by atoms with Crippen LogP contribution in [-0.4, -0.2) is 34.9 Å². The molecule has 39 heavy (non-hydrogen) atoms. The van der Waals surface area contributed by atoms with Crippen LogP contribution in [0.1, 0.15) is 149 Å². The first-order valence-electron chi connectivity index (χ1n) is 16.4. The minimum absolute atomic E-state index is 0.0857. The van der Waals surface area contributed by atoms with Gasteiger partial charge in [-0.15, -0.1) is 0 Å². The van der Waals surface area contributed by atoms with Crippen LogP contribution in [0.5, 0.6) is 0 Å². The number of aliphatic hydroxyl groups is 2. The van der Waals surface area contributed by atoms with E-state index in [4.69, 9.17) is 0 Å². The lowest BCUT2D eigenvalue weighted by atomic mass is 10.1. The molecule has 0 aliphatic carbocycles. The molecule has 0 radical (unpaired) electrons. The number of allylic oxidation sites excluding steroid dienone is 7. The van der Waals surface area contributed by atoms with Gasteiger partial charge in [-0.25, -0.2) is 0 Å². The minimum Gasteiger partial charge on any atom is -0.394 e. The zero-order valence-corrected chi connectivity index (χ0v) is 25.6. The Hall–Kier alpha value is -1.65. The van der Waals surface area contributed by atoms with Crippen molar-refractivity contribution in [3.8, 4) is 0 Å². The van der Waals surface area contributed by atoms with E-state index in [0.29, 0.717) is 6.42 Å². The third-order valence-electron chi connectivity index (χ3n) is 7.03. The Morgan fingerprint density at radius 2 is 1.10 bits per heavy atom. The van der Waals surface area contributed by atoms with Crippen LogP contribution in [0.2, 0.25) is 0 Å². The summed E-state index contributed by atoms with van der Waals surface area (Å²) in [6.07, 6.45) is 40.5. The second-order valence-corrected chi connectivity index (χ2v) is 10.9. The van der Waals surface area contributed by atoms with Crippen LogP contribution in [0.25, 0.3) is 0 Å². The van der Waals surface area contributed by atoms with Crippen LogP contribution in [0.15, 0.2) is 48.6 Å². The zero-order valence-electron chi connectivity index (χ0n) is 25.6. The van der Waals surface area contributed by atoms with E-state index in [1.54, 1.807) is 6.08 Å². The fourth-order valence-corrected chi connectivity index (χ4v) is 4.44. The molecule has 0 bridgehead atoms. The van der Waals surface area contributed by atoms with E-state index in [0.717, 1.165) is 38.5 Å². The van der Waals surface area contributed by atoms with Gasteiger partial charge >= 0.3 is 0 Å². The van der Waals surface area contributed by atoms with E-state index in [9.17, 15) is 15.0 Å². The number of nitrogens with one attached hydrogen (secondary N) is 1. The summed E-state index contributed by atoms with van der Waals surface area (Å²) < 4.78 is 0. The molecule has 0 aromatic rings. The second kappa shape index (κ2) is 30.9. The molecule has 4 heteroatoms. The topological polar surface area (TPSA) is 69.6 Å². The van der Waals surface area contributed by atoms with E-state index in [-0.39, 0.29) is 12.5 Å². The molecule has 0 rings (SSSR count). The van der Waals surface area contributed by atoms with Gasteiger partial charge in [0.15, 0.2) is 0 Å². The lowest BCUT2D eigenvalue weighted by Crippen LogP contribution is -2.45. The number of carbonyl (C=O) groups excluding carboxylic acids is 1. The molecule has 0 fully saturated rings. The molecule has 0 saturated carbocycles. The highest BCUT2D eigenvalue weighted by molar-refractivity contribution is 5.76. The summed E-state index contributed by atoms with van der Waals surface area (Å²) in [5.41, 5.74) is 0. The van der Waals surface area contributed by atoms with E-state index in [2.05, 4.69) is 55.6 Å². The molecule has 4 nitrogen and oxygen atoms in total. The van der Waals surface area contributed by atoms with E-state index in [1.807, 2.05) is 6.08 Å². The predicted molar refractivity (Wildman–Crippen MR) is 170 cm³/mol. The summed E-state index contributed by atoms with van der Waals surface area (Å²) in [5, 5.41) is 22.6. The van der Waals surface area contributed by atoms with Crippen LogP contribution in [0, 0.1) is 0 Å². The molecular formula is C35H63NO3. The summed E-state index contributed by atoms with van der Waals surface area (Å²) in [7, 11) is 0. The van der Waals surface area contributed by atoms with Crippen molar-refractivity contribution >= 4 is 5.91 Å². The Morgan fingerprint density at radius 3 is 1.72 bits per heavy atom. The minimum atomic E-state index is -0.860. The van der Waals surface area contributed by atoms with Crippen molar-refractivity contribution < 1.29 is 15.0 Å². The number of hydrogen-bond donors (Lipinski definition) is 3. The van der Waals surface area contributed by atoms with Crippen molar-refractivity contribution in [1.82, 2.24) is 5.32 Å². The Bertz CT molecular complexity index is 638. The monoisotopic (exact) mass is 545 g/mol. The molecule has 0 saturated heterocycles. The average Bonchev–Trinajstić information content (AvgIpc) is 2.94. The molecule has 0 spiro atoms. The Labute approximate surface area is 242 Å². The first-order chi connectivity index (χ1) is 19.2. The van der Waals surface area contributed by atoms with Gasteiger partial charge in [0.1, 0.15) is 0 Å². The first kappa shape index (κ1) is 37.4. The molecule has 2 atom stereocenters. The standard InChI is InChI=1S/C35H63NO3/c1-3-5-7-9-11-13-14-15-16-17-18-19-20-21-22-23-25-27-29-31-35(39)36-33(32-37)34(38)30-28-26-24-12-10-8-6-4-2/h10-13,15-16,28,30,33-34,37-38H,3-9,14,17-27,29,31-32H2,1-2H3,(H,36,39)/b12-10+,13-11-,16-15-,30-28+. The third-order valence-corrected chi connectivity index (χ3v) is 7.03. The number of aliphatic hydroxyl groups excluding tert-OH is 2. The van der Waals surface area contributed by atoms with E-state index >= 15 is 0 Å². The molecule has 0 aromatic heterocycles. The second-order valence-electron chi connectivity index (χ2n) is 10.9. The van der Waals surface area contributed by atoms with Gasteiger partial charge in [0.05, 0.1) is 18.8 Å². The van der Waals surface area contributed by atoms with E-state index < -0.39 is 12.1 Å². The quantitative estimate of drug-likeness (QED) is 0.0677. The number of amides is 1. The molecule has 3 N–H and O–H groups in total. The SMILES string of the molecule is CCCC/C=C/CC/C=C/C(O)C(CO)NC(=O)CCCCCCCCCCC/C=C\C/C=C\CCCCC. The molecule has 0 aliphatic rings. The Balaban J connectivity index is 3.63. The van der Waals surface area contributed by atoms with Crippen molar-refractivity contribution in [1.29, 1.82) is 0 Å². The summed E-state index contributed by atoms with van der Waals surface area (Å²) in [4.78, 5) is 12.2. The maximum atomic E-state index is 12.2. The summed E-state index contributed by atoms with van der Waals surface area (Å²) in [6, 6.07) is -0.638. The predicted octanol–water partition coefficient (Wildman–Crippen LogP) is 9.28. The van der Waals surface area contributed by atoms with Crippen LogP contribution < -0.4 is 5.32 Å². The van der Waals surface area contributed by atoms with Crippen molar-refractivity contribution in [3.05, 3.63) is 48.6 Å². The van der Waals surface area contributed by atoms with Crippen LogP contribution in [0.3, 0.4) is 0 Å². The largest absolute Gasteiger partial charge is 0.394 e. The summed E-state index contributed by atoms with van der Waals surface area (Å²) >= 11 is 0. The Kier molecular flexibility index (Phi) is 29.6. The van der Waals surface area contributed by atoms with Gasteiger partial charge in [0, 0.05) is 6.42 Å². The van der Waals surface area contributed by atoms with Crippen molar-refractivity contribution in [2.24, 2.45) is 0 Å². The van der Waals surface area contributed by atoms with Crippen LogP contribution in [-0.2, 0) is 4.79 Å². The van der Waals surface area contributed by atoms with E-state index in [1.165, 1.54) is 89.9 Å². The molecule has 1 amide bonds. The first-order valence-corrected chi connectivity index (χ1v) is 16.4.